The average molecular weight is 352 g/mol. The molecular formula is C17H19BrFNO. The Morgan fingerprint density at radius 2 is 1.86 bits per heavy atom. The van der Waals surface area contributed by atoms with Gasteiger partial charge >= 0.3 is 0 Å². The minimum absolute atomic E-state index is 0.165. The lowest BCUT2D eigenvalue weighted by Gasteiger charge is -2.21. The maximum atomic E-state index is 13.5. The van der Waals surface area contributed by atoms with Gasteiger partial charge in [-0.15, -0.1) is 0 Å². The molecule has 0 fully saturated rings. The molecule has 1 unspecified atom stereocenters. The van der Waals surface area contributed by atoms with E-state index in [1.54, 1.807) is 6.07 Å². The molecule has 2 nitrogen and oxygen atoms in total. The van der Waals surface area contributed by atoms with Gasteiger partial charge in [-0.2, -0.15) is 0 Å². The maximum Gasteiger partial charge on any atom is 0.136 e. The summed E-state index contributed by atoms with van der Waals surface area (Å²) in [4.78, 5) is 0. The second-order valence-electron chi connectivity index (χ2n) is 5.19. The molecule has 2 aromatic carbocycles. The third-order valence-corrected chi connectivity index (χ3v) is 3.46. The van der Waals surface area contributed by atoms with Crippen LogP contribution in [0.15, 0.2) is 53.0 Å². The zero-order valence-electron chi connectivity index (χ0n) is 12.1. The topological polar surface area (TPSA) is 21.3 Å². The van der Waals surface area contributed by atoms with Gasteiger partial charge in [0.1, 0.15) is 17.7 Å². The van der Waals surface area contributed by atoms with Crippen LogP contribution in [0.3, 0.4) is 0 Å². The van der Waals surface area contributed by atoms with Crippen molar-refractivity contribution in [2.45, 2.75) is 26.0 Å². The van der Waals surface area contributed by atoms with Gasteiger partial charge in [0.25, 0.3) is 0 Å². The summed E-state index contributed by atoms with van der Waals surface area (Å²) in [6.07, 6.45) is -0.165. The van der Waals surface area contributed by atoms with Gasteiger partial charge in [0, 0.05) is 23.1 Å². The molecule has 112 valence electrons. The lowest BCUT2D eigenvalue weighted by molar-refractivity contribution is 0.197. The van der Waals surface area contributed by atoms with Crippen LogP contribution >= 0.6 is 15.9 Å². The van der Waals surface area contributed by atoms with E-state index in [0.717, 1.165) is 5.56 Å². The largest absolute Gasteiger partial charge is 0.484 e. The van der Waals surface area contributed by atoms with Crippen LogP contribution in [0.2, 0.25) is 0 Å². The number of ether oxygens (including phenoxy) is 1. The van der Waals surface area contributed by atoms with Crippen LogP contribution in [0, 0.1) is 5.82 Å². The predicted octanol–water partition coefficient (Wildman–Crippen LogP) is 4.71. The van der Waals surface area contributed by atoms with Crippen molar-refractivity contribution >= 4 is 15.9 Å². The minimum atomic E-state index is -0.317. The minimum Gasteiger partial charge on any atom is -0.484 e. The van der Waals surface area contributed by atoms with E-state index in [-0.39, 0.29) is 11.9 Å². The quantitative estimate of drug-likeness (QED) is 0.813. The highest BCUT2D eigenvalue weighted by molar-refractivity contribution is 9.10. The first-order valence-corrected chi connectivity index (χ1v) is 7.75. The number of benzene rings is 2. The van der Waals surface area contributed by atoms with Gasteiger partial charge in [-0.25, -0.2) is 4.39 Å². The molecule has 0 saturated carbocycles. The zero-order valence-corrected chi connectivity index (χ0v) is 13.7. The Labute approximate surface area is 133 Å². The second kappa shape index (κ2) is 7.57. The molecule has 0 radical (unpaired) electrons. The van der Waals surface area contributed by atoms with Gasteiger partial charge in [-0.05, 0) is 17.7 Å². The molecule has 0 aromatic heterocycles. The van der Waals surface area contributed by atoms with Crippen LogP contribution < -0.4 is 10.1 Å². The number of hydrogen-bond acceptors (Lipinski definition) is 2. The fourth-order valence-electron chi connectivity index (χ4n) is 2.00. The number of halogens is 2. The van der Waals surface area contributed by atoms with Crippen LogP contribution in [-0.4, -0.2) is 12.6 Å². The summed E-state index contributed by atoms with van der Waals surface area (Å²) >= 11 is 3.29. The second-order valence-corrected chi connectivity index (χ2v) is 6.10. The highest BCUT2D eigenvalue weighted by atomic mass is 79.9. The highest BCUT2D eigenvalue weighted by Gasteiger charge is 2.14. The van der Waals surface area contributed by atoms with Crippen molar-refractivity contribution in [3.8, 4) is 5.75 Å². The summed E-state index contributed by atoms with van der Waals surface area (Å²) in [6, 6.07) is 14.9. The molecule has 0 aliphatic heterocycles. The Morgan fingerprint density at radius 1 is 1.14 bits per heavy atom. The molecule has 1 N–H and O–H groups in total. The normalized spacial score (nSPS) is 12.4. The smallest absolute Gasteiger partial charge is 0.136 e. The van der Waals surface area contributed by atoms with Gasteiger partial charge in [0.15, 0.2) is 0 Å². The summed E-state index contributed by atoms with van der Waals surface area (Å²) in [5, 5.41) is 3.36. The van der Waals surface area contributed by atoms with Crippen molar-refractivity contribution in [2.24, 2.45) is 0 Å². The van der Waals surface area contributed by atoms with Crippen LogP contribution in [0.1, 0.15) is 25.5 Å². The van der Waals surface area contributed by atoms with Crippen molar-refractivity contribution in [1.29, 1.82) is 0 Å². The Kier molecular flexibility index (Phi) is 5.76. The summed E-state index contributed by atoms with van der Waals surface area (Å²) in [7, 11) is 0. The van der Waals surface area contributed by atoms with Crippen molar-refractivity contribution in [1.82, 2.24) is 5.32 Å². The first kappa shape index (κ1) is 16.0. The third-order valence-electron chi connectivity index (χ3n) is 3.00. The predicted molar refractivity (Wildman–Crippen MR) is 87.0 cm³/mol. The molecular weight excluding hydrogens is 333 g/mol. The molecule has 4 heteroatoms. The van der Waals surface area contributed by atoms with Crippen molar-refractivity contribution in [2.75, 3.05) is 6.54 Å². The van der Waals surface area contributed by atoms with E-state index in [2.05, 4.69) is 35.1 Å². The van der Waals surface area contributed by atoms with E-state index < -0.39 is 0 Å². The summed E-state index contributed by atoms with van der Waals surface area (Å²) in [5.41, 5.74) is 1.06. The molecule has 0 aliphatic rings. The first-order valence-electron chi connectivity index (χ1n) is 6.95. The Bertz CT molecular complexity index is 554. The summed E-state index contributed by atoms with van der Waals surface area (Å²) in [5.74, 6) is 0.198. The summed E-state index contributed by atoms with van der Waals surface area (Å²) < 4.78 is 20.1. The first-order chi connectivity index (χ1) is 10.0. The SMILES string of the molecule is CC(C)NCC(Oc1cc(F)cc(Br)c1)c1ccccc1. The van der Waals surface area contributed by atoms with Crippen LogP contribution in [0.25, 0.3) is 0 Å². The zero-order chi connectivity index (χ0) is 15.2. The van der Waals surface area contributed by atoms with E-state index >= 15 is 0 Å². The maximum absolute atomic E-state index is 13.5. The standard InChI is InChI=1S/C17H19BrFNO/c1-12(2)20-11-17(13-6-4-3-5-7-13)21-16-9-14(18)8-15(19)10-16/h3-10,12,17,20H,11H2,1-2H3. The van der Waals surface area contributed by atoms with E-state index in [1.807, 2.05) is 30.3 Å². The summed E-state index contributed by atoms with van der Waals surface area (Å²) in [6.45, 7) is 4.83. The van der Waals surface area contributed by atoms with Gasteiger partial charge in [0.2, 0.25) is 0 Å². The molecule has 0 aliphatic carbocycles. The van der Waals surface area contributed by atoms with Gasteiger partial charge in [-0.1, -0.05) is 60.1 Å². The molecule has 0 saturated heterocycles. The molecule has 21 heavy (non-hydrogen) atoms. The molecule has 0 spiro atoms. The van der Waals surface area contributed by atoms with Crippen molar-refractivity contribution in [3.63, 3.8) is 0 Å². The van der Waals surface area contributed by atoms with Crippen LogP contribution in [0.4, 0.5) is 4.39 Å². The van der Waals surface area contributed by atoms with E-state index in [9.17, 15) is 4.39 Å². The molecule has 2 rings (SSSR count). The Hall–Kier alpha value is -1.39. The van der Waals surface area contributed by atoms with Gasteiger partial charge in [-0.3, -0.25) is 0 Å². The fourth-order valence-corrected chi connectivity index (χ4v) is 2.44. The highest BCUT2D eigenvalue weighted by Crippen LogP contribution is 2.26. The van der Waals surface area contributed by atoms with E-state index in [1.165, 1.54) is 12.1 Å². The van der Waals surface area contributed by atoms with Crippen LogP contribution in [-0.2, 0) is 0 Å². The molecule has 0 bridgehead atoms. The van der Waals surface area contributed by atoms with Gasteiger partial charge < -0.3 is 10.1 Å². The average Bonchev–Trinajstić information content (AvgIpc) is 2.43. The fraction of sp³-hybridized carbons (Fsp3) is 0.294. The van der Waals surface area contributed by atoms with Crippen molar-refractivity contribution < 1.29 is 9.13 Å². The Balaban J connectivity index is 2.19. The molecule has 0 amide bonds. The molecule has 0 heterocycles. The Morgan fingerprint density at radius 3 is 2.48 bits per heavy atom. The van der Waals surface area contributed by atoms with E-state index in [4.69, 9.17) is 4.74 Å². The van der Waals surface area contributed by atoms with Gasteiger partial charge in [0.05, 0.1) is 0 Å². The van der Waals surface area contributed by atoms with Crippen molar-refractivity contribution in [3.05, 3.63) is 64.4 Å². The molecule has 1 atom stereocenters. The number of rotatable bonds is 6. The number of hydrogen-bond donors (Lipinski definition) is 1. The third kappa shape index (κ3) is 5.14. The van der Waals surface area contributed by atoms with Crippen LogP contribution in [0.5, 0.6) is 5.75 Å². The lowest BCUT2D eigenvalue weighted by atomic mass is 10.1. The lowest BCUT2D eigenvalue weighted by Crippen LogP contribution is -2.30. The molecule has 2 aromatic rings. The van der Waals surface area contributed by atoms with E-state index in [0.29, 0.717) is 22.8 Å². The monoisotopic (exact) mass is 351 g/mol. The number of nitrogens with one attached hydrogen (secondary N) is 1.